The van der Waals surface area contributed by atoms with Crippen LogP contribution in [0.25, 0.3) is 11.3 Å². The van der Waals surface area contributed by atoms with E-state index >= 15 is 0 Å². The van der Waals surface area contributed by atoms with Gasteiger partial charge in [-0.25, -0.2) is 4.98 Å². The number of aromatic nitrogens is 1. The number of hydrogen-bond acceptors (Lipinski definition) is 5. The molecule has 0 saturated heterocycles. The minimum Gasteiger partial charge on any atom is -0.322 e. The van der Waals surface area contributed by atoms with Gasteiger partial charge < -0.3 is 10.6 Å². The van der Waals surface area contributed by atoms with Crippen molar-refractivity contribution in [1.82, 2.24) is 4.98 Å². The summed E-state index contributed by atoms with van der Waals surface area (Å²) < 4.78 is 0. The van der Waals surface area contributed by atoms with Gasteiger partial charge in [0.15, 0.2) is 5.13 Å². The molecule has 1 heterocycles. The number of anilines is 2. The van der Waals surface area contributed by atoms with Crippen molar-refractivity contribution < 1.29 is 9.59 Å². The van der Waals surface area contributed by atoms with Crippen LogP contribution in [0, 0.1) is 20.8 Å². The minimum atomic E-state index is -0.292. The standard InChI is InChI=1S/C29H29N3O2S2/c1-5-25(28(34)32-29-31-26(20(4)35-29)21-14-12-18(2)13-15-21)36-24-11-7-10-23(17-24)30-27(33)22-9-6-8-19(3)16-22/h6-17,25H,5H2,1-4H3,(H,30,33)(H,31,32,34). The fourth-order valence-electron chi connectivity index (χ4n) is 3.74. The Morgan fingerprint density at radius 2 is 1.67 bits per heavy atom. The van der Waals surface area contributed by atoms with Crippen LogP contribution in [0.5, 0.6) is 0 Å². The first-order valence-electron chi connectivity index (χ1n) is 11.8. The minimum absolute atomic E-state index is 0.0825. The third-order valence-corrected chi connectivity index (χ3v) is 7.91. The van der Waals surface area contributed by atoms with Crippen molar-refractivity contribution in [3.05, 3.63) is 94.4 Å². The highest BCUT2D eigenvalue weighted by molar-refractivity contribution is 8.00. The van der Waals surface area contributed by atoms with Gasteiger partial charge >= 0.3 is 0 Å². The lowest BCUT2D eigenvalue weighted by molar-refractivity contribution is -0.115. The van der Waals surface area contributed by atoms with Crippen LogP contribution in [0.2, 0.25) is 0 Å². The van der Waals surface area contributed by atoms with E-state index in [2.05, 4.69) is 46.8 Å². The van der Waals surface area contributed by atoms with Crippen LogP contribution in [0.4, 0.5) is 10.8 Å². The van der Waals surface area contributed by atoms with Gasteiger partial charge in [0.1, 0.15) is 0 Å². The number of benzene rings is 3. The Morgan fingerprint density at radius 3 is 2.39 bits per heavy atom. The normalized spacial score (nSPS) is 11.7. The number of thioether (sulfide) groups is 1. The zero-order chi connectivity index (χ0) is 25.7. The third-order valence-electron chi connectivity index (χ3n) is 5.67. The van der Waals surface area contributed by atoms with E-state index in [9.17, 15) is 9.59 Å². The molecule has 0 radical (unpaired) electrons. The Labute approximate surface area is 220 Å². The van der Waals surface area contributed by atoms with Gasteiger partial charge in [-0.05, 0) is 57.5 Å². The summed E-state index contributed by atoms with van der Waals surface area (Å²) in [6, 6.07) is 23.3. The molecule has 0 aliphatic heterocycles. The fraction of sp³-hybridized carbons (Fsp3) is 0.207. The molecule has 0 bridgehead atoms. The number of nitrogens with one attached hydrogen (secondary N) is 2. The quantitative estimate of drug-likeness (QED) is 0.238. The van der Waals surface area contributed by atoms with Crippen molar-refractivity contribution in [2.24, 2.45) is 0 Å². The monoisotopic (exact) mass is 515 g/mol. The highest BCUT2D eigenvalue weighted by atomic mass is 32.2. The van der Waals surface area contributed by atoms with E-state index in [0.29, 0.717) is 22.8 Å². The predicted molar refractivity (Wildman–Crippen MR) is 151 cm³/mol. The Kier molecular flexibility index (Phi) is 8.23. The molecular formula is C29H29N3O2S2. The van der Waals surface area contributed by atoms with Crippen LogP contribution in [0.15, 0.2) is 77.7 Å². The maximum atomic E-state index is 13.1. The van der Waals surface area contributed by atoms with Crippen LogP contribution in [0.3, 0.4) is 0 Å². The van der Waals surface area contributed by atoms with Crippen molar-refractivity contribution in [3.63, 3.8) is 0 Å². The van der Waals surface area contributed by atoms with Crippen LogP contribution < -0.4 is 10.6 Å². The van der Waals surface area contributed by atoms with Crippen molar-refractivity contribution >= 4 is 45.7 Å². The fourth-order valence-corrected chi connectivity index (χ4v) is 5.59. The SMILES string of the molecule is CCC(Sc1cccc(NC(=O)c2cccc(C)c2)c1)C(=O)Nc1nc(-c2ccc(C)cc2)c(C)s1. The first-order chi connectivity index (χ1) is 17.3. The summed E-state index contributed by atoms with van der Waals surface area (Å²) >= 11 is 2.96. The van der Waals surface area contributed by atoms with E-state index < -0.39 is 0 Å². The van der Waals surface area contributed by atoms with Gasteiger partial charge in [-0.2, -0.15) is 0 Å². The van der Waals surface area contributed by atoms with Crippen LogP contribution >= 0.6 is 23.1 Å². The molecule has 1 aromatic heterocycles. The summed E-state index contributed by atoms with van der Waals surface area (Å²) in [6.07, 6.45) is 0.658. The number of hydrogen-bond donors (Lipinski definition) is 2. The first-order valence-corrected chi connectivity index (χ1v) is 13.5. The van der Waals surface area contributed by atoms with Crippen molar-refractivity contribution in [2.45, 2.75) is 44.3 Å². The van der Waals surface area contributed by atoms with Crippen molar-refractivity contribution in [1.29, 1.82) is 0 Å². The topological polar surface area (TPSA) is 71.1 Å². The first kappa shape index (κ1) is 25.7. The lowest BCUT2D eigenvalue weighted by atomic mass is 10.1. The van der Waals surface area contributed by atoms with E-state index in [1.807, 2.05) is 63.2 Å². The van der Waals surface area contributed by atoms with E-state index in [0.717, 1.165) is 26.6 Å². The van der Waals surface area contributed by atoms with Gasteiger partial charge in [0, 0.05) is 26.6 Å². The predicted octanol–water partition coefficient (Wildman–Crippen LogP) is 7.50. The molecule has 2 N–H and O–H groups in total. The lowest BCUT2D eigenvalue weighted by Crippen LogP contribution is -2.24. The lowest BCUT2D eigenvalue weighted by Gasteiger charge is -2.14. The Balaban J connectivity index is 1.42. The molecule has 0 spiro atoms. The number of carbonyl (C=O) groups is 2. The number of thiazole rings is 1. The average Bonchev–Trinajstić information content (AvgIpc) is 3.22. The number of nitrogens with zero attached hydrogens (tertiary/aromatic N) is 1. The van der Waals surface area contributed by atoms with Gasteiger partial charge in [0.25, 0.3) is 5.91 Å². The van der Waals surface area contributed by atoms with Gasteiger partial charge in [0.05, 0.1) is 10.9 Å². The Bertz CT molecular complexity index is 1380. The number of carbonyl (C=O) groups excluding carboxylic acids is 2. The summed E-state index contributed by atoms with van der Waals surface area (Å²) in [6.45, 7) is 8.02. The van der Waals surface area contributed by atoms with E-state index in [1.54, 1.807) is 6.07 Å². The molecule has 36 heavy (non-hydrogen) atoms. The average molecular weight is 516 g/mol. The van der Waals surface area contributed by atoms with E-state index in [-0.39, 0.29) is 17.1 Å². The highest BCUT2D eigenvalue weighted by Gasteiger charge is 2.21. The molecule has 4 aromatic rings. The smallest absolute Gasteiger partial charge is 0.255 e. The van der Waals surface area contributed by atoms with E-state index in [4.69, 9.17) is 0 Å². The zero-order valence-corrected chi connectivity index (χ0v) is 22.4. The molecule has 4 rings (SSSR count). The summed E-state index contributed by atoms with van der Waals surface area (Å²) in [5.74, 6) is -0.241. The second-order valence-electron chi connectivity index (χ2n) is 8.65. The molecule has 0 saturated carbocycles. The molecule has 0 fully saturated rings. The Morgan fingerprint density at radius 1 is 0.917 bits per heavy atom. The molecule has 1 atom stereocenters. The van der Waals surface area contributed by atoms with Crippen molar-refractivity contribution in [3.8, 4) is 11.3 Å². The molecule has 184 valence electrons. The number of aryl methyl sites for hydroxylation is 3. The van der Waals surface area contributed by atoms with Gasteiger partial charge in [-0.3, -0.25) is 9.59 Å². The second-order valence-corrected chi connectivity index (χ2v) is 11.1. The summed E-state index contributed by atoms with van der Waals surface area (Å²) in [5.41, 5.74) is 5.48. The van der Waals surface area contributed by atoms with Crippen LogP contribution in [-0.4, -0.2) is 22.0 Å². The largest absolute Gasteiger partial charge is 0.322 e. The van der Waals surface area contributed by atoms with Crippen LogP contribution in [-0.2, 0) is 4.79 Å². The van der Waals surface area contributed by atoms with Gasteiger partial charge in [-0.1, -0.05) is 60.5 Å². The molecular weight excluding hydrogens is 486 g/mol. The zero-order valence-electron chi connectivity index (χ0n) is 20.8. The van der Waals surface area contributed by atoms with Gasteiger partial charge in [0.2, 0.25) is 5.91 Å². The molecule has 3 aromatic carbocycles. The van der Waals surface area contributed by atoms with Crippen molar-refractivity contribution in [2.75, 3.05) is 10.6 Å². The van der Waals surface area contributed by atoms with E-state index in [1.165, 1.54) is 28.7 Å². The maximum absolute atomic E-state index is 13.1. The molecule has 2 amide bonds. The highest BCUT2D eigenvalue weighted by Crippen LogP contribution is 2.32. The molecule has 5 nitrogen and oxygen atoms in total. The second kappa shape index (κ2) is 11.5. The molecule has 0 aliphatic carbocycles. The van der Waals surface area contributed by atoms with Gasteiger partial charge in [-0.15, -0.1) is 23.1 Å². The summed E-state index contributed by atoms with van der Waals surface area (Å²) in [4.78, 5) is 32.4. The summed E-state index contributed by atoms with van der Waals surface area (Å²) in [7, 11) is 0. The third kappa shape index (κ3) is 6.42. The molecule has 0 aliphatic rings. The number of rotatable bonds is 8. The molecule has 1 unspecified atom stereocenters. The molecule has 7 heteroatoms. The Hall–Kier alpha value is -3.42. The van der Waals surface area contributed by atoms with Crippen LogP contribution in [0.1, 0.15) is 39.7 Å². The summed E-state index contributed by atoms with van der Waals surface area (Å²) in [5, 5.41) is 6.27. The number of amides is 2. The maximum Gasteiger partial charge on any atom is 0.255 e.